The van der Waals surface area contributed by atoms with Crippen molar-refractivity contribution in [3.63, 3.8) is 0 Å². The SMILES string of the molecule is CN(CCCCc1ccccc1)C(=O)CSCC(O)c1ccccc1. The van der Waals surface area contributed by atoms with Crippen molar-refractivity contribution in [3.05, 3.63) is 71.8 Å². The Morgan fingerprint density at radius 3 is 2.36 bits per heavy atom. The number of carbonyl (C=O) groups is 1. The molecule has 1 unspecified atom stereocenters. The molecule has 1 atom stereocenters. The molecule has 0 heterocycles. The summed E-state index contributed by atoms with van der Waals surface area (Å²) >= 11 is 1.49. The highest BCUT2D eigenvalue weighted by atomic mass is 32.2. The standard InChI is InChI=1S/C21H27NO2S/c1-22(15-9-8-12-18-10-4-2-5-11-18)21(24)17-25-16-20(23)19-13-6-3-7-14-19/h2-7,10-11,13-14,20,23H,8-9,12,15-17H2,1H3. The first-order valence-electron chi connectivity index (χ1n) is 8.75. The fourth-order valence-corrected chi connectivity index (χ4v) is 3.52. The van der Waals surface area contributed by atoms with E-state index in [1.165, 1.54) is 17.3 Å². The van der Waals surface area contributed by atoms with Crippen LogP contribution in [0.5, 0.6) is 0 Å². The molecule has 134 valence electrons. The van der Waals surface area contributed by atoms with E-state index >= 15 is 0 Å². The van der Waals surface area contributed by atoms with Crippen molar-refractivity contribution in [2.45, 2.75) is 25.4 Å². The van der Waals surface area contributed by atoms with Crippen LogP contribution in [0.3, 0.4) is 0 Å². The molecule has 0 saturated heterocycles. The van der Waals surface area contributed by atoms with Crippen LogP contribution in [0.4, 0.5) is 0 Å². The van der Waals surface area contributed by atoms with E-state index in [9.17, 15) is 9.90 Å². The maximum atomic E-state index is 12.1. The zero-order valence-corrected chi connectivity index (χ0v) is 15.6. The molecule has 2 rings (SSSR count). The fourth-order valence-electron chi connectivity index (χ4n) is 2.59. The van der Waals surface area contributed by atoms with Crippen LogP contribution >= 0.6 is 11.8 Å². The number of nitrogens with zero attached hydrogens (tertiary/aromatic N) is 1. The lowest BCUT2D eigenvalue weighted by Crippen LogP contribution is -2.29. The first-order valence-corrected chi connectivity index (χ1v) is 9.91. The van der Waals surface area contributed by atoms with Crippen LogP contribution in [0.1, 0.15) is 30.1 Å². The second-order valence-corrected chi connectivity index (χ2v) is 7.23. The normalized spacial score (nSPS) is 11.9. The molecule has 2 aromatic rings. The topological polar surface area (TPSA) is 40.5 Å². The number of aryl methyl sites for hydroxylation is 1. The van der Waals surface area contributed by atoms with Crippen molar-refractivity contribution in [3.8, 4) is 0 Å². The molecule has 0 aliphatic rings. The van der Waals surface area contributed by atoms with Gasteiger partial charge in [-0.05, 0) is 30.4 Å². The molecule has 1 N–H and O–H groups in total. The summed E-state index contributed by atoms with van der Waals surface area (Å²) < 4.78 is 0. The number of hydrogen-bond acceptors (Lipinski definition) is 3. The number of thioether (sulfide) groups is 1. The van der Waals surface area contributed by atoms with Crippen LogP contribution in [-0.2, 0) is 11.2 Å². The van der Waals surface area contributed by atoms with Crippen LogP contribution in [0, 0.1) is 0 Å². The van der Waals surface area contributed by atoms with Crippen molar-refractivity contribution >= 4 is 17.7 Å². The van der Waals surface area contributed by atoms with E-state index in [4.69, 9.17) is 0 Å². The first kappa shape index (κ1) is 19.5. The minimum absolute atomic E-state index is 0.130. The maximum Gasteiger partial charge on any atom is 0.232 e. The van der Waals surface area contributed by atoms with Crippen LogP contribution in [0.15, 0.2) is 60.7 Å². The number of hydrogen-bond donors (Lipinski definition) is 1. The summed E-state index contributed by atoms with van der Waals surface area (Å²) in [6.07, 6.45) is 2.63. The lowest BCUT2D eigenvalue weighted by molar-refractivity contribution is -0.127. The van der Waals surface area contributed by atoms with E-state index in [-0.39, 0.29) is 5.91 Å². The van der Waals surface area contributed by atoms with Gasteiger partial charge in [-0.15, -0.1) is 11.8 Å². The van der Waals surface area contributed by atoms with Crippen molar-refractivity contribution in [1.82, 2.24) is 4.90 Å². The lowest BCUT2D eigenvalue weighted by atomic mass is 10.1. The minimum Gasteiger partial charge on any atom is -0.388 e. The number of amides is 1. The predicted molar refractivity (Wildman–Crippen MR) is 106 cm³/mol. The highest BCUT2D eigenvalue weighted by Gasteiger charge is 2.11. The Hall–Kier alpha value is -1.78. The molecule has 0 radical (unpaired) electrons. The summed E-state index contributed by atoms with van der Waals surface area (Å²) in [5.74, 6) is 1.08. The number of aliphatic hydroxyl groups excluding tert-OH is 1. The number of rotatable bonds is 10. The van der Waals surface area contributed by atoms with Crippen LogP contribution in [0.25, 0.3) is 0 Å². The number of carbonyl (C=O) groups excluding carboxylic acids is 1. The summed E-state index contributed by atoms with van der Waals surface area (Å²) in [5.41, 5.74) is 2.25. The lowest BCUT2D eigenvalue weighted by Gasteiger charge is -2.17. The van der Waals surface area contributed by atoms with Gasteiger partial charge in [-0.1, -0.05) is 60.7 Å². The van der Waals surface area contributed by atoms with Crippen molar-refractivity contribution in [2.24, 2.45) is 0 Å². The fraction of sp³-hybridized carbons (Fsp3) is 0.381. The summed E-state index contributed by atoms with van der Waals surface area (Å²) in [6.45, 7) is 0.785. The smallest absolute Gasteiger partial charge is 0.232 e. The minimum atomic E-state index is -0.518. The molecule has 0 aliphatic carbocycles. The average molecular weight is 358 g/mol. The van der Waals surface area contributed by atoms with Crippen molar-refractivity contribution in [1.29, 1.82) is 0 Å². The van der Waals surface area contributed by atoms with Crippen molar-refractivity contribution in [2.75, 3.05) is 25.1 Å². The van der Waals surface area contributed by atoms with E-state index in [0.29, 0.717) is 11.5 Å². The zero-order chi connectivity index (χ0) is 17.9. The van der Waals surface area contributed by atoms with Gasteiger partial charge in [-0.25, -0.2) is 0 Å². The van der Waals surface area contributed by atoms with Gasteiger partial charge in [-0.3, -0.25) is 4.79 Å². The molecule has 25 heavy (non-hydrogen) atoms. The van der Waals surface area contributed by atoms with Gasteiger partial charge in [-0.2, -0.15) is 0 Å². The van der Waals surface area contributed by atoms with E-state index in [1.54, 1.807) is 4.90 Å². The Balaban J connectivity index is 1.58. The third-order valence-electron chi connectivity index (χ3n) is 4.16. The molecule has 0 bridgehead atoms. The van der Waals surface area contributed by atoms with Gasteiger partial charge in [0.2, 0.25) is 5.91 Å². The quantitative estimate of drug-likeness (QED) is 0.655. The van der Waals surface area contributed by atoms with Gasteiger partial charge >= 0.3 is 0 Å². The summed E-state index contributed by atoms with van der Waals surface area (Å²) in [4.78, 5) is 13.9. The summed E-state index contributed by atoms with van der Waals surface area (Å²) in [5, 5.41) is 10.1. The van der Waals surface area contributed by atoms with Gasteiger partial charge in [0.15, 0.2) is 0 Å². The van der Waals surface area contributed by atoms with E-state index < -0.39 is 6.10 Å². The molecule has 0 aromatic heterocycles. The zero-order valence-electron chi connectivity index (χ0n) is 14.8. The van der Waals surface area contributed by atoms with E-state index in [1.807, 2.05) is 43.4 Å². The van der Waals surface area contributed by atoms with Gasteiger partial charge in [0, 0.05) is 19.3 Å². The number of aliphatic hydroxyl groups is 1. The Morgan fingerprint density at radius 2 is 1.68 bits per heavy atom. The summed E-state index contributed by atoms with van der Waals surface area (Å²) in [6, 6.07) is 20.0. The van der Waals surface area contributed by atoms with E-state index in [2.05, 4.69) is 24.3 Å². The first-order chi connectivity index (χ1) is 12.2. The molecule has 0 aliphatic heterocycles. The van der Waals surface area contributed by atoms with Crippen LogP contribution in [-0.4, -0.2) is 41.0 Å². The van der Waals surface area contributed by atoms with Crippen LogP contribution < -0.4 is 0 Å². The monoisotopic (exact) mass is 357 g/mol. The third kappa shape index (κ3) is 7.32. The highest BCUT2D eigenvalue weighted by Crippen LogP contribution is 2.18. The summed E-state index contributed by atoms with van der Waals surface area (Å²) in [7, 11) is 1.86. The van der Waals surface area contributed by atoms with Crippen LogP contribution in [0.2, 0.25) is 0 Å². The Labute approximate surface area is 155 Å². The molecule has 4 heteroatoms. The maximum absolute atomic E-state index is 12.1. The highest BCUT2D eigenvalue weighted by molar-refractivity contribution is 7.99. The Morgan fingerprint density at radius 1 is 1.04 bits per heavy atom. The number of benzene rings is 2. The molecule has 0 fully saturated rings. The van der Waals surface area contributed by atoms with E-state index in [0.717, 1.165) is 31.4 Å². The van der Waals surface area contributed by atoms with Gasteiger partial charge in [0.05, 0.1) is 11.9 Å². The Kier molecular flexibility index (Phi) is 8.56. The largest absolute Gasteiger partial charge is 0.388 e. The van der Waals surface area contributed by atoms with Gasteiger partial charge < -0.3 is 10.0 Å². The molecule has 0 spiro atoms. The number of unbranched alkanes of at least 4 members (excludes halogenated alkanes) is 1. The molecule has 2 aromatic carbocycles. The second kappa shape index (κ2) is 11.0. The predicted octanol–water partition coefficient (Wildman–Crippen LogP) is 3.93. The second-order valence-electron chi connectivity index (χ2n) is 6.20. The van der Waals surface area contributed by atoms with Gasteiger partial charge in [0.1, 0.15) is 0 Å². The Bertz CT molecular complexity index is 618. The third-order valence-corrected chi connectivity index (χ3v) is 5.17. The molecular weight excluding hydrogens is 330 g/mol. The molecular formula is C21H27NO2S. The molecule has 0 saturated carbocycles. The molecule has 1 amide bonds. The molecule has 3 nitrogen and oxygen atoms in total. The van der Waals surface area contributed by atoms with Crippen molar-refractivity contribution < 1.29 is 9.90 Å². The van der Waals surface area contributed by atoms with Gasteiger partial charge in [0.25, 0.3) is 0 Å². The average Bonchev–Trinajstić information content (AvgIpc) is 2.66.